The van der Waals surface area contributed by atoms with Crippen LogP contribution in [0, 0.1) is 11.6 Å². The summed E-state index contributed by atoms with van der Waals surface area (Å²) in [4.78, 5) is 25.8. The summed E-state index contributed by atoms with van der Waals surface area (Å²) in [5.74, 6) is -2.67. The zero-order valence-electron chi connectivity index (χ0n) is 9.80. The monoisotopic (exact) mass is 264 g/mol. The maximum Gasteiger partial charge on any atom is 0.252 e. The summed E-state index contributed by atoms with van der Waals surface area (Å²) >= 11 is 0. The van der Waals surface area contributed by atoms with E-state index < -0.39 is 28.5 Å². The van der Waals surface area contributed by atoms with Crippen LogP contribution < -0.4 is 11.3 Å². The van der Waals surface area contributed by atoms with Crippen LogP contribution in [0.3, 0.4) is 0 Å². The van der Waals surface area contributed by atoms with Gasteiger partial charge in [-0.3, -0.25) is 9.59 Å². The Morgan fingerprint density at radius 2 is 2.00 bits per heavy atom. The van der Waals surface area contributed by atoms with Gasteiger partial charge in [-0.1, -0.05) is 0 Å². The van der Waals surface area contributed by atoms with Crippen molar-refractivity contribution in [1.82, 2.24) is 4.98 Å². The SMILES string of the molecule is NC(=O)C1(c2cc3c(F)c(F)ccc3[nH]c2=O)CC1. The molecule has 1 aliphatic carbocycles. The quantitative estimate of drug-likeness (QED) is 0.858. The fourth-order valence-electron chi connectivity index (χ4n) is 2.34. The predicted molar refractivity (Wildman–Crippen MR) is 64.6 cm³/mol. The first kappa shape index (κ1) is 11.8. The van der Waals surface area contributed by atoms with E-state index in [0.29, 0.717) is 12.8 Å². The molecular formula is C13H10F2N2O2. The molecular weight excluding hydrogens is 254 g/mol. The zero-order chi connectivity index (χ0) is 13.8. The number of fused-ring (bicyclic) bond motifs is 1. The number of nitrogens with one attached hydrogen (secondary N) is 1. The first-order valence-corrected chi connectivity index (χ1v) is 5.77. The molecule has 4 nitrogen and oxygen atoms in total. The fourth-order valence-corrected chi connectivity index (χ4v) is 2.34. The predicted octanol–water partition coefficient (Wildman–Crippen LogP) is 1.32. The minimum atomic E-state index is -1.05. The number of halogens is 2. The molecule has 19 heavy (non-hydrogen) atoms. The van der Waals surface area contributed by atoms with Gasteiger partial charge in [-0.05, 0) is 31.0 Å². The van der Waals surface area contributed by atoms with Crippen LogP contribution in [0.15, 0.2) is 23.0 Å². The molecule has 1 amide bonds. The van der Waals surface area contributed by atoms with Crippen molar-refractivity contribution >= 4 is 16.8 Å². The fraction of sp³-hybridized carbons (Fsp3) is 0.231. The molecule has 1 aromatic heterocycles. The van der Waals surface area contributed by atoms with Gasteiger partial charge in [0.05, 0.1) is 10.9 Å². The minimum absolute atomic E-state index is 0.0536. The van der Waals surface area contributed by atoms with Crippen molar-refractivity contribution in [2.75, 3.05) is 0 Å². The lowest BCUT2D eigenvalue weighted by Crippen LogP contribution is -2.33. The standard InChI is InChI=1S/C13H10F2N2O2/c14-8-1-2-9-6(10(8)15)5-7(11(18)17-9)13(3-4-13)12(16)19/h1-2,5H,3-4H2,(H2,16,19)(H,17,18). The molecule has 1 fully saturated rings. The highest BCUT2D eigenvalue weighted by Crippen LogP contribution is 2.47. The zero-order valence-corrected chi connectivity index (χ0v) is 9.80. The summed E-state index contributed by atoms with van der Waals surface area (Å²) in [5, 5.41) is -0.0536. The van der Waals surface area contributed by atoms with Crippen LogP contribution in [-0.2, 0) is 10.2 Å². The first-order valence-electron chi connectivity index (χ1n) is 5.77. The molecule has 2 aromatic rings. The second-order valence-corrected chi connectivity index (χ2v) is 4.78. The number of aromatic nitrogens is 1. The highest BCUT2D eigenvalue weighted by atomic mass is 19.2. The van der Waals surface area contributed by atoms with E-state index in [1.807, 2.05) is 0 Å². The summed E-state index contributed by atoms with van der Waals surface area (Å²) in [6.07, 6.45) is 0.904. The van der Waals surface area contributed by atoms with Gasteiger partial charge in [0, 0.05) is 10.9 Å². The number of hydrogen-bond acceptors (Lipinski definition) is 2. The van der Waals surface area contributed by atoms with Gasteiger partial charge in [0.25, 0.3) is 5.56 Å². The normalized spacial score (nSPS) is 16.5. The van der Waals surface area contributed by atoms with Gasteiger partial charge < -0.3 is 10.7 Å². The van der Waals surface area contributed by atoms with Crippen molar-refractivity contribution in [3.05, 3.63) is 45.8 Å². The van der Waals surface area contributed by atoms with E-state index in [0.717, 1.165) is 6.07 Å². The third-order valence-corrected chi connectivity index (χ3v) is 3.65. The molecule has 1 saturated carbocycles. The highest BCUT2D eigenvalue weighted by molar-refractivity contribution is 5.91. The molecule has 0 saturated heterocycles. The Kier molecular flexibility index (Phi) is 2.26. The van der Waals surface area contributed by atoms with E-state index in [2.05, 4.69) is 4.98 Å². The van der Waals surface area contributed by atoms with Crippen LogP contribution in [0.4, 0.5) is 8.78 Å². The van der Waals surface area contributed by atoms with Crippen LogP contribution in [-0.4, -0.2) is 10.9 Å². The number of H-pyrrole nitrogens is 1. The molecule has 3 rings (SSSR count). The Morgan fingerprint density at radius 3 is 2.58 bits per heavy atom. The van der Waals surface area contributed by atoms with Crippen molar-refractivity contribution in [3.63, 3.8) is 0 Å². The highest BCUT2D eigenvalue weighted by Gasteiger charge is 2.51. The molecule has 3 N–H and O–H groups in total. The number of primary amides is 1. The number of rotatable bonds is 2. The first-order chi connectivity index (χ1) is 8.95. The Bertz CT molecular complexity index is 763. The third kappa shape index (κ3) is 1.56. The summed E-state index contributed by atoms with van der Waals surface area (Å²) in [6, 6.07) is 3.45. The summed E-state index contributed by atoms with van der Waals surface area (Å²) < 4.78 is 26.9. The van der Waals surface area contributed by atoms with Crippen LogP contribution >= 0.6 is 0 Å². The van der Waals surface area contributed by atoms with Crippen molar-refractivity contribution in [2.24, 2.45) is 5.73 Å². The molecule has 0 spiro atoms. The van der Waals surface area contributed by atoms with Gasteiger partial charge in [0.2, 0.25) is 5.91 Å². The van der Waals surface area contributed by atoms with Crippen molar-refractivity contribution in [2.45, 2.75) is 18.3 Å². The molecule has 0 atom stereocenters. The molecule has 0 aliphatic heterocycles. The van der Waals surface area contributed by atoms with E-state index in [4.69, 9.17) is 5.73 Å². The Hall–Kier alpha value is -2.24. The topological polar surface area (TPSA) is 76.0 Å². The van der Waals surface area contributed by atoms with Gasteiger partial charge in [-0.2, -0.15) is 0 Å². The van der Waals surface area contributed by atoms with E-state index in [-0.39, 0.29) is 16.5 Å². The average Bonchev–Trinajstić information content (AvgIpc) is 3.15. The van der Waals surface area contributed by atoms with Crippen molar-refractivity contribution in [1.29, 1.82) is 0 Å². The van der Waals surface area contributed by atoms with Gasteiger partial charge >= 0.3 is 0 Å². The summed E-state index contributed by atoms with van der Waals surface area (Å²) in [5.41, 5.74) is 4.06. The molecule has 98 valence electrons. The summed E-state index contributed by atoms with van der Waals surface area (Å²) in [6.45, 7) is 0. The number of amides is 1. The molecule has 1 aromatic carbocycles. The van der Waals surface area contributed by atoms with Gasteiger partial charge in [0.1, 0.15) is 0 Å². The lowest BCUT2D eigenvalue weighted by atomic mass is 9.95. The number of hydrogen-bond donors (Lipinski definition) is 2. The number of pyridine rings is 1. The minimum Gasteiger partial charge on any atom is -0.369 e. The Labute approximate surface area is 106 Å². The number of carbonyl (C=O) groups is 1. The lowest BCUT2D eigenvalue weighted by molar-refractivity contribution is -0.120. The van der Waals surface area contributed by atoms with E-state index in [9.17, 15) is 18.4 Å². The lowest BCUT2D eigenvalue weighted by Gasteiger charge is -2.11. The van der Waals surface area contributed by atoms with Crippen molar-refractivity contribution < 1.29 is 13.6 Å². The number of carbonyl (C=O) groups excluding carboxylic acids is 1. The summed E-state index contributed by atoms with van der Waals surface area (Å²) in [7, 11) is 0. The smallest absolute Gasteiger partial charge is 0.252 e. The number of nitrogens with two attached hydrogens (primary N) is 1. The van der Waals surface area contributed by atoms with E-state index in [1.165, 1.54) is 12.1 Å². The second kappa shape index (κ2) is 3.63. The largest absolute Gasteiger partial charge is 0.369 e. The van der Waals surface area contributed by atoms with Crippen LogP contribution in [0.2, 0.25) is 0 Å². The third-order valence-electron chi connectivity index (χ3n) is 3.65. The van der Waals surface area contributed by atoms with Crippen LogP contribution in [0.25, 0.3) is 10.9 Å². The molecule has 0 unspecified atom stereocenters. The molecule has 0 radical (unpaired) electrons. The molecule has 0 bridgehead atoms. The Morgan fingerprint density at radius 1 is 1.32 bits per heavy atom. The Balaban J connectivity index is 2.33. The molecule has 6 heteroatoms. The average molecular weight is 264 g/mol. The van der Waals surface area contributed by atoms with E-state index >= 15 is 0 Å². The van der Waals surface area contributed by atoms with Gasteiger partial charge in [-0.25, -0.2) is 8.78 Å². The number of benzene rings is 1. The maximum atomic E-state index is 13.7. The maximum absolute atomic E-state index is 13.7. The van der Waals surface area contributed by atoms with Crippen molar-refractivity contribution in [3.8, 4) is 0 Å². The van der Waals surface area contributed by atoms with Crippen LogP contribution in [0.5, 0.6) is 0 Å². The molecule has 1 heterocycles. The van der Waals surface area contributed by atoms with Crippen LogP contribution in [0.1, 0.15) is 18.4 Å². The van der Waals surface area contributed by atoms with E-state index in [1.54, 1.807) is 0 Å². The molecule has 1 aliphatic rings. The van der Waals surface area contributed by atoms with Gasteiger partial charge in [0.15, 0.2) is 11.6 Å². The second-order valence-electron chi connectivity index (χ2n) is 4.78. The number of aromatic amines is 1. The van der Waals surface area contributed by atoms with Gasteiger partial charge in [-0.15, -0.1) is 0 Å².